The van der Waals surface area contributed by atoms with Crippen molar-refractivity contribution in [2.24, 2.45) is 5.73 Å². The predicted molar refractivity (Wildman–Crippen MR) is 210 cm³/mol. The molecule has 10 N–H and O–H groups in total. The molecule has 0 saturated carbocycles. The Bertz CT molecular complexity index is 1310. The number of carbonyl (C=O) groups is 8. The van der Waals surface area contributed by atoms with E-state index in [0.717, 1.165) is 0 Å². The minimum absolute atomic E-state index is 0.146. The number of carbonyl (C=O) groups excluding carboxylic acids is 8. The highest BCUT2D eigenvalue weighted by Crippen LogP contribution is 2.30. The van der Waals surface area contributed by atoms with Crippen LogP contribution in [0.15, 0.2) is 0 Å². The van der Waals surface area contributed by atoms with E-state index in [-0.39, 0.29) is 57.1 Å². The smallest absolute Gasteiger partial charge is 0.548 e. The number of carboxylic acids is 1. The van der Waals surface area contributed by atoms with Gasteiger partial charge in [0.25, 0.3) is 0 Å². The molecule has 32 heteroatoms. The van der Waals surface area contributed by atoms with Crippen molar-refractivity contribution in [3.05, 3.63) is 0 Å². The fourth-order valence-electron chi connectivity index (χ4n) is 4.11. The van der Waals surface area contributed by atoms with Gasteiger partial charge in [-0.05, 0) is 0 Å². The quantitative estimate of drug-likeness (QED) is 0.0295. The highest BCUT2D eigenvalue weighted by molar-refractivity contribution is 6.82. The van der Waals surface area contributed by atoms with Crippen molar-refractivity contribution in [2.45, 2.75) is 31.7 Å². The van der Waals surface area contributed by atoms with Crippen LogP contribution in [0, 0.1) is 0 Å². The first-order chi connectivity index (χ1) is 28.8. The maximum Gasteiger partial charge on any atom is 0.671 e. The van der Waals surface area contributed by atoms with Gasteiger partial charge in [-0.2, -0.15) is 0 Å². The van der Waals surface area contributed by atoms with E-state index in [1.807, 2.05) is 5.32 Å². The van der Waals surface area contributed by atoms with Crippen LogP contribution in [-0.2, 0) is 90.5 Å². The van der Waals surface area contributed by atoms with E-state index in [2.05, 4.69) is 27.0 Å². The van der Waals surface area contributed by atoms with Crippen LogP contribution in [0.4, 0.5) is 0 Å². The molecule has 0 fully saturated rings. The number of hydrogen-bond acceptors (Lipinski definition) is 22. The van der Waals surface area contributed by atoms with Gasteiger partial charge in [0.1, 0.15) is 0 Å². The van der Waals surface area contributed by atoms with Gasteiger partial charge in [0, 0.05) is 89.7 Å². The van der Waals surface area contributed by atoms with Crippen LogP contribution in [0.5, 0.6) is 0 Å². The van der Waals surface area contributed by atoms with Gasteiger partial charge in [-0.3, -0.25) is 33.6 Å². The number of amides is 5. The number of nitrogens with one attached hydrogen (secondary N) is 5. The Hall–Kier alpha value is -3.53. The van der Waals surface area contributed by atoms with E-state index in [4.69, 9.17) is 57.9 Å². The minimum atomic E-state index is -3.89. The van der Waals surface area contributed by atoms with Crippen LogP contribution >= 0.6 is 0 Å². The molecule has 0 atom stereocenters. The zero-order chi connectivity index (χ0) is 47.1. The largest absolute Gasteiger partial charge is 0.671 e. The molecule has 0 rings (SSSR count). The molecule has 61 heavy (non-hydrogen) atoms. The summed E-state index contributed by atoms with van der Waals surface area (Å²) in [4.78, 5) is 90.3. The van der Waals surface area contributed by atoms with Crippen LogP contribution in [0.2, 0.25) is 6.04 Å². The Kier molecular flexibility index (Phi) is 31.4. The molecule has 0 spiro atoms. The number of hydrogen-bond donors (Lipinski definition) is 7. The summed E-state index contributed by atoms with van der Waals surface area (Å²) < 4.78 is 66.9. The monoisotopic (exact) mass is 955 g/mol. The van der Waals surface area contributed by atoms with Gasteiger partial charge in [0.05, 0.1) is 57.8 Å². The number of Topliss-reactive ketones (excluding diaryl/α,β-unsaturated/α-hetero) is 2. The average Bonchev–Trinajstić information content (AvgIpc) is 3.27. The summed E-state index contributed by atoms with van der Waals surface area (Å²) in [5.74, 6) is -5.45. The topological polar surface area (TPSA) is 384 Å². The lowest BCUT2D eigenvalue weighted by Crippen LogP contribution is -2.71. The Morgan fingerprint density at radius 3 is 1.05 bits per heavy atom. The van der Waals surface area contributed by atoms with Gasteiger partial charge in [0.2, 0.25) is 29.5 Å². The Balaban J connectivity index is 0. The molecule has 0 unspecified atom stereocenters. The SMILES string of the molecule is CO[Si](OC)(OC)O[Si](CC[NH3+])(O[Si](OC)(OC)OC)O[Si](OC)(OC)OC.NCC(=O)NCC(=O)CCC(=O)NCC(=O)NCC(=O)NCC(=O)CCC(=O)NCC(=O)[O-]. The summed E-state index contributed by atoms with van der Waals surface area (Å²) in [5.41, 5.74) is 8.93. The highest BCUT2D eigenvalue weighted by atomic mass is 28.5. The summed E-state index contributed by atoms with van der Waals surface area (Å²) in [7, 11) is -2.50. The molecule has 0 aliphatic rings. The second-order valence-corrected chi connectivity index (χ2v) is 22.5. The molecule has 0 saturated heterocycles. The standard InChI is InChI=1S/C18H28N6O9.C11H33NO12Si4/c19-5-15(29)20-6-11(25)1-3-13(27)22-8-17(31)23-9-16(30)21-7-12(26)2-4-14(28)24-10-18(32)33;1-13-26(14-2,15-3)22-25(11-10-12,23-27(16-4,17-5)18-6)24-28(19-7,20-8)21-9/h1-10,19H2,(H,20,29)(H,21,30)(H,22,27)(H,23,31)(H,24,28)(H,32,33);10-12H2,1-9H3. The molecule has 0 aliphatic carbocycles. The van der Waals surface area contributed by atoms with E-state index in [0.29, 0.717) is 6.54 Å². The van der Waals surface area contributed by atoms with Crippen molar-refractivity contribution in [3.63, 3.8) is 0 Å². The molecule has 0 radical (unpaired) electrons. The molecule has 28 nitrogen and oxygen atoms in total. The van der Waals surface area contributed by atoms with E-state index >= 15 is 0 Å². The Labute approximate surface area is 357 Å². The fraction of sp³-hybridized carbons (Fsp3) is 0.724. The normalized spacial score (nSPS) is 11.7. The Morgan fingerprint density at radius 1 is 0.459 bits per heavy atom. The number of rotatable bonds is 34. The number of carboxylic acid groups (broad SMARTS) is 1. The lowest BCUT2D eigenvalue weighted by molar-refractivity contribution is -0.363. The van der Waals surface area contributed by atoms with Crippen molar-refractivity contribution in [1.29, 1.82) is 0 Å². The van der Waals surface area contributed by atoms with Gasteiger partial charge in [-0.25, -0.2) is 0 Å². The zero-order valence-electron chi connectivity index (χ0n) is 35.8. The van der Waals surface area contributed by atoms with E-state index < -0.39 is 96.9 Å². The third-order valence-corrected chi connectivity index (χ3v) is 19.5. The molecule has 354 valence electrons. The summed E-state index contributed by atoms with van der Waals surface area (Å²) in [6.45, 7) is -2.13. The van der Waals surface area contributed by atoms with Gasteiger partial charge in [0.15, 0.2) is 11.6 Å². The molecule has 0 aromatic rings. The first-order valence-corrected chi connectivity index (χ1v) is 24.7. The fourth-order valence-corrected chi connectivity index (χ4v) is 16.5. The number of quaternary nitrogens is 1. The van der Waals surface area contributed by atoms with Crippen LogP contribution in [0.1, 0.15) is 25.7 Å². The summed E-state index contributed by atoms with van der Waals surface area (Å²) in [5, 5.41) is 21.2. The summed E-state index contributed by atoms with van der Waals surface area (Å²) in [6, 6.07) is 0.174. The van der Waals surface area contributed by atoms with Crippen LogP contribution in [0.3, 0.4) is 0 Å². The first kappa shape index (κ1) is 59.6. The molecule has 0 aliphatic heterocycles. The lowest BCUT2D eigenvalue weighted by Gasteiger charge is -2.40. The van der Waals surface area contributed by atoms with Gasteiger partial charge in [-0.15, -0.1) is 0 Å². The molecular formula is C29H61N7O21Si4. The van der Waals surface area contributed by atoms with Gasteiger partial charge in [-0.1, -0.05) is 0 Å². The lowest BCUT2D eigenvalue weighted by atomic mass is 10.2. The minimum Gasteiger partial charge on any atom is -0.548 e. The maximum absolute atomic E-state index is 11.6. The molecule has 0 heterocycles. The Morgan fingerprint density at radius 2 is 0.754 bits per heavy atom. The van der Waals surface area contributed by atoms with E-state index in [1.165, 1.54) is 64.0 Å². The predicted octanol–water partition coefficient (Wildman–Crippen LogP) is -7.68. The van der Waals surface area contributed by atoms with E-state index in [9.17, 15) is 43.5 Å². The van der Waals surface area contributed by atoms with Crippen LogP contribution in [-0.4, -0.2) is 193 Å². The second kappa shape index (κ2) is 32.2. The van der Waals surface area contributed by atoms with Gasteiger partial charge >= 0.3 is 35.9 Å². The highest BCUT2D eigenvalue weighted by Gasteiger charge is 2.66. The van der Waals surface area contributed by atoms with Crippen LogP contribution < -0.4 is 43.2 Å². The number of aliphatic carboxylic acids is 1. The summed E-state index contributed by atoms with van der Waals surface area (Å²) >= 11 is 0. The third-order valence-electron chi connectivity index (χ3n) is 7.31. The van der Waals surface area contributed by atoms with Crippen molar-refractivity contribution >= 4 is 83.0 Å². The number of nitrogens with two attached hydrogens (primary N) is 1. The maximum atomic E-state index is 11.6. The van der Waals surface area contributed by atoms with Crippen molar-refractivity contribution in [1.82, 2.24) is 26.6 Å². The first-order valence-electron chi connectivity index (χ1n) is 17.9. The molecule has 5 amide bonds. The molecule has 0 aromatic carbocycles. The van der Waals surface area contributed by atoms with E-state index in [1.54, 1.807) is 0 Å². The molecule has 0 aromatic heterocycles. The summed E-state index contributed by atoms with van der Waals surface area (Å²) in [6.07, 6.45) is -0.822. The zero-order valence-corrected chi connectivity index (χ0v) is 39.8. The average molecular weight is 956 g/mol. The number of ketones is 2. The molecule has 0 bridgehead atoms. The van der Waals surface area contributed by atoms with Gasteiger partial charge < -0.3 is 100 Å². The second-order valence-electron chi connectivity index (χ2n) is 11.5. The van der Waals surface area contributed by atoms with Crippen LogP contribution in [0.25, 0.3) is 0 Å². The molecular weight excluding hydrogens is 895 g/mol. The van der Waals surface area contributed by atoms with Crippen molar-refractivity contribution < 1.29 is 101 Å². The van der Waals surface area contributed by atoms with Crippen molar-refractivity contribution in [2.75, 3.05) is 110 Å². The van der Waals surface area contributed by atoms with Crippen molar-refractivity contribution in [3.8, 4) is 0 Å². The third kappa shape index (κ3) is 24.6.